The van der Waals surface area contributed by atoms with E-state index in [-0.39, 0.29) is 11.7 Å². The fourth-order valence-electron chi connectivity index (χ4n) is 2.97. The fraction of sp³-hybridized carbons (Fsp3) is 0.350. The number of ether oxygens (including phenoxy) is 1. The highest BCUT2D eigenvalue weighted by molar-refractivity contribution is 6.31. The molecule has 0 spiro atoms. The van der Waals surface area contributed by atoms with Crippen LogP contribution < -0.4 is 4.74 Å². The number of para-hydroxylation sites is 1. The first-order chi connectivity index (χ1) is 12.6. The maximum atomic E-state index is 13.2. The molecule has 6 heteroatoms. The molecule has 138 valence electrons. The molecule has 3 rings (SSSR count). The first-order valence-electron chi connectivity index (χ1n) is 8.74. The number of nitrogens with zero attached hydrogens (tertiary/aromatic N) is 2. The van der Waals surface area contributed by atoms with Crippen LogP contribution in [0.15, 0.2) is 48.5 Å². The van der Waals surface area contributed by atoms with E-state index >= 15 is 0 Å². The molecule has 0 N–H and O–H groups in total. The first kappa shape index (κ1) is 18.7. The van der Waals surface area contributed by atoms with Gasteiger partial charge in [-0.1, -0.05) is 35.9 Å². The van der Waals surface area contributed by atoms with E-state index in [2.05, 4.69) is 4.90 Å². The predicted molar refractivity (Wildman–Crippen MR) is 99.8 cm³/mol. The van der Waals surface area contributed by atoms with Crippen LogP contribution in [0.2, 0.25) is 5.02 Å². The zero-order chi connectivity index (χ0) is 18.4. The molecular formula is C20H22ClFN2O2. The van der Waals surface area contributed by atoms with Crippen LogP contribution in [-0.2, 0) is 11.3 Å². The Labute approximate surface area is 158 Å². The third kappa shape index (κ3) is 5.19. The minimum absolute atomic E-state index is 0.0943. The second-order valence-corrected chi connectivity index (χ2v) is 6.71. The van der Waals surface area contributed by atoms with E-state index in [1.807, 2.05) is 30.3 Å². The quantitative estimate of drug-likeness (QED) is 0.772. The van der Waals surface area contributed by atoms with Crippen molar-refractivity contribution in [2.45, 2.75) is 13.0 Å². The fourth-order valence-corrected chi connectivity index (χ4v) is 3.19. The number of carbonyl (C=O) groups is 1. The lowest BCUT2D eigenvalue weighted by atomic mass is 10.2. The molecule has 0 unspecified atom stereocenters. The number of hydrogen-bond acceptors (Lipinski definition) is 3. The van der Waals surface area contributed by atoms with Gasteiger partial charge >= 0.3 is 0 Å². The lowest BCUT2D eigenvalue weighted by molar-refractivity contribution is -0.130. The summed E-state index contributed by atoms with van der Waals surface area (Å²) >= 11 is 6.09. The molecule has 1 heterocycles. The van der Waals surface area contributed by atoms with E-state index in [1.54, 1.807) is 11.0 Å². The Morgan fingerprint density at radius 3 is 2.65 bits per heavy atom. The van der Waals surface area contributed by atoms with Crippen molar-refractivity contribution in [1.82, 2.24) is 9.80 Å². The van der Waals surface area contributed by atoms with Crippen LogP contribution in [0.1, 0.15) is 12.0 Å². The third-order valence-electron chi connectivity index (χ3n) is 4.48. The Balaban J connectivity index is 1.50. The Morgan fingerprint density at radius 2 is 1.88 bits per heavy atom. The lowest BCUT2D eigenvalue weighted by Gasteiger charge is -2.22. The predicted octanol–water partition coefficient (Wildman–Crippen LogP) is 3.59. The molecule has 4 nitrogen and oxygen atoms in total. The normalized spacial score (nSPS) is 15.8. The van der Waals surface area contributed by atoms with E-state index in [0.717, 1.165) is 24.4 Å². The molecule has 1 saturated heterocycles. The number of halogens is 2. The van der Waals surface area contributed by atoms with E-state index < -0.39 is 0 Å². The summed E-state index contributed by atoms with van der Waals surface area (Å²) in [5.41, 5.74) is 0.766. The SMILES string of the molecule is O=C1CCN(CCOc2ccccc2)CCN1Cc1ccc(F)cc1Cl. The van der Waals surface area contributed by atoms with Crippen molar-refractivity contribution < 1.29 is 13.9 Å². The van der Waals surface area contributed by atoms with E-state index in [0.29, 0.717) is 37.7 Å². The summed E-state index contributed by atoms with van der Waals surface area (Å²) in [6.07, 6.45) is 0.462. The molecule has 1 aliphatic rings. The van der Waals surface area contributed by atoms with Crippen LogP contribution in [-0.4, -0.2) is 48.5 Å². The van der Waals surface area contributed by atoms with Crippen molar-refractivity contribution in [3.05, 3.63) is 64.9 Å². The maximum absolute atomic E-state index is 13.2. The van der Waals surface area contributed by atoms with Crippen LogP contribution in [0.4, 0.5) is 4.39 Å². The number of carbonyl (C=O) groups excluding carboxylic acids is 1. The van der Waals surface area contributed by atoms with Gasteiger partial charge < -0.3 is 9.64 Å². The van der Waals surface area contributed by atoms with Crippen molar-refractivity contribution in [2.24, 2.45) is 0 Å². The average molecular weight is 377 g/mol. The van der Waals surface area contributed by atoms with Gasteiger partial charge in [-0.25, -0.2) is 4.39 Å². The van der Waals surface area contributed by atoms with Gasteiger partial charge in [-0.3, -0.25) is 9.69 Å². The highest BCUT2D eigenvalue weighted by Gasteiger charge is 2.21. The Hall–Kier alpha value is -2.11. The molecular weight excluding hydrogens is 355 g/mol. The average Bonchev–Trinajstić information content (AvgIpc) is 2.81. The molecule has 1 amide bonds. The molecule has 0 saturated carbocycles. The molecule has 0 atom stereocenters. The minimum atomic E-state index is -0.370. The number of amides is 1. The van der Waals surface area contributed by atoms with Crippen molar-refractivity contribution in [1.29, 1.82) is 0 Å². The van der Waals surface area contributed by atoms with Gasteiger partial charge in [-0.05, 0) is 29.8 Å². The molecule has 0 bridgehead atoms. The molecule has 1 fully saturated rings. The van der Waals surface area contributed by atoms with Gasteiger partial charge in [0.1, 0.15) is 18.2 Å². The number of hydrogen-bond donors (Lipinski definition) is 0. The Morgan fingerprint density at radius 1 is 1.08 bits per heavy atom. The van der Waals surface area contributed by atoms with Gasteiger partial charge in [0.2, 0.25) is 5.91 Å². The molecule has 26 heavy (non-hydrogen) atoms. The molecule has 2 aromatic rings. The third-order valence-corrected chi connectivity index (χ3v) is 4.83. The van der Waals surface area contributed by atoms with Crippen LogP contribution in [0.3, 0.4) is 0 Å². The zero-order valence-electron chi connectivity index (χ0n) is 14.5. The van der Waals surface area contributed by atoms with Gasteiger partial charge in [0.15, 0.2) is 0 Å². The largest absolute Gasteiger partial charge is 0.492 e. The lowest BCUT2D eigenvalue weighted by Crippen LogP contribution is -2.34. The Bertz CT molecular complexity index is 742. The highest BCUT2D eigenvalue weighted by Crippen LogP contribution is 2.20. The van der Waals surface area contributed by atoms with E-state index in [4.69, 9.17) is 16.3 Å². The molecule has 0 aliphatic carbocycles. The van der Waals surface area contributed by atoms with E-state index in [9.17, 15) is 9.18 Å². The molecule has 0 aromatic heterocycles. The number of rotatable bonds is 6. The van der Waals surface area contributed by atoms with Gasteiger partial charge in [0.05, 0.1) is 0 Å². The van der Waals surface area contributed by atoms with Crippen LogP contribution in [0.5, 0.6) is 5.75 Å². The van der Waals surface area contributed by atoms with Gasteiger partial charge in [-0.2, -0.15) is 0 Å². The van der Waals surface area contributed by atoms with Crippen molar-refractivity contribution >= 4 is 17.5 Å². The summed E-state index contributed by atoms with van der Waals surface area (Å²) in [4.78, 5) is 16.4. The second kappa shape index (κ2) is 9.01. The summed E-state index contributed by atoms with van der Waals surface area (Å²) in [6, 6.07) is 14.0. The van der Waals surface area contributed by atoms with Crippen molar-refractivity contribution in [3.63, 3.8) is 0 Å². The van der Waals surface area contributed by atoms with Crippen LogP contribution in [0.25, 0.3) is 0 Å². The number of benzene rings is 2. The van der Waals surface area contributed by atoms with Gasteiger partial charge in [0.25, 0.3) is 0 Å². The van der Waals surface area contributed by atoms with Crippen molar-refractivity contribution in [2.75, 3.05) is 32.8 Å². The van der Waals surface area contributed by atoms with Crippen LogP contribution in [0, 0.1) is 5.82 Å². The summed E-state index contributed by atoms with van der Waals surface area (Å²) in [5.74, 6) is 0.577. The van der Waals surface area contributed by atoms with Crippen LogP contribution >= 0.6 is 11.6 Å². The Kier molecular flexibility index (Phi) is 6.47. The monoisotopic (exact) mass is 376 g/mol. The molecule has 1 aliphatic heterocycles. The van der Waals surface area contributed by atoms with E-state index in [1.165, 1.54) is 12.1 Å². The summed E-state index contributed by atoms with van der Waals surface area (Å²) in [5, 5.41) is 0.357. The molecule has 2 aromatic carbocycles. The standard InChI is InChI=1S/C20H22ClFN2O2/c21-19-14-17(22)7-6-16(19)15-24-11-10-23(9-8-20(24)25)12-13-26-18-4-2-1-3-5-18/h1-7,14H,8-13,15H2. The first-order valence-corrected chi connectivity index (χ1v) is 9.11. The highest BCUT2D eigenvalue weighted by atomic mass is 35.5. The van der Waals surface area contributed by atoms with Gasteiger partial charge in [0, 0.05) is 44.2 Å². The van der Waals surface area contributed by atoms with Gasteiger partial charge in [-0.15, -0.1) is 0 Å². The maximum Gasteiger partial charge on any atom is 0.224 e. The zero-order valence-corrected chi connectivity index (χ0v) is 15.3. The minimum Gasteiger partial charge on any atom is -0.492 e. The second-order valence-electron chi connectivity index (χ2n) is 6.30. The van der Waals surface area contributed by atoms with Crippen molar-refractivity contribution in [3.8, 4) is 5.75 Å². The summed E-state index contributed by atoms with van der Waals surface area (Å²) in [7, 11) is 0. The summed E-state index contributed by atoms with van der Waals surface area (Å²) < 4.78 is 18.9. The smallest absolute Gasteiger partial charge is 0.224 e. The topological polar surface area (TPSA) is 32.8 Å². The molecule has 0 radical (unpaired) electrons. The summed E-state index contributed by atoms with van der Waals surface area (Å²) in [6.45, 7) is 3.88.